The number of hydrogen-bond acceptors (Lipinski definition) is 4. The lowest BCUT2D eigenvalue weighted by Crippen LogP contribution is -2.21. The van der Waals surface area contributed by atoms with Gasteiger partial charge in [-0.25, -0.2) is 0 Å². The van der Waals surface area contributed by atoms with Crippen LogP contribution < -0.4 is 5.11 Å². The molecule has 3 atom stereocenters. The minimum absolute atomic E-state index is 0.0118. The zero-order chi connectivity index (χ0) is 16.2. The van der Waals surface area contributed by atoms with Gasteiger partial charge in [-0.15, -0.1) is 0 Å². The van der Waals surface area contributed by atoms with Crippen molar-refractivity contribution in [2.24, 2.45) is 0 Å². The molecular weight excluding hydrogens is 280 g/mol. The Kier molecular flexibility index (Phi) is 10.2. The minimum Gasteiger partial charge on any atom is -0.550 e. The summed E-state index contributed by atoms with van der Waals surface area (Å²) < 4.78 is 5.51. The number of unbranched alkanes of at least 4 members (excludes halogenated alkanes) is 7. The van der Waals surface area contributed by atoms with Gasteiger partial charge >= 0.3 is 0 Å². The summed E-state index contributed by atoms with van der Waals surface area (Å²) in [7, 11) is 0. The summed E-state index contributed by atoms with van der Waals surface area (Å²) in [6.07, 6.45) is 14.5. The Morgan fingerprint density at radius 1 is 1.18 bits per heavy atom. The van der Waals surface area contributed by atoms with Crippen LogP contribution in [0.4, 0.5) is 0 Å². The number of carbonyl (C=O) groups is 1. The van der Waals surface area contributed by atoms with Gasteiger partial charge in [0.15, 0.2) is 0 Å². The van der Waals surface area contributed by atoms with E-state index in [0.717, 1.165) is 44.9 Å². The summed E-state index contributed by atoms with van der Waals surface area (Å²) in [5.74, 6) is -0.952. The molecule has 0 radical (unpaired) electrons. The fourth-order valence-corrected chi connectivity index (χ4v) is 2.69. The molecule has 1 unspecified atom stereocenters. The summed E-state index contributed by atoms with van der Waals surface area (Å²) in [4.78, 5) is 10.2. The number of aliphatic hydroxyl groups is 1. The smallest absolute Gasteiger partial charge is 0.114 e. The van der Waals surface area contributed by atoms with E-state index < -0.39 is 12.1 Å². The van der Waals surface area contributed by atoms with Crippen molar-refractivity contribution in [1.82, 2.24) is 0 Å². The van der Waals surface area contributed by atoms with Crippen LogP contribution in [0.1, 0.15) is 77.6 Å². The molecule has 0 aromatic rings. The number of allylic oxidation sites excluding steroid dienone is 1. The topological polar surface area (TPSA) is 72.9 Å². The Morgan fingerprint density at radius 2 is 1.91 bits per heavy atom. The fourth-order valence-electron chi connectivity index (χ4n) is 2.69. The molecule has 1 heterocycles. The van der Waals surface area contributed by atoms with Crippen molar-refractivity contribution in [1.29, 1.82) is 0 Å². The number of epoxide rings is 1. The standard InChI is InChI=1S/C18H32O4/c1-2-3-9-13-16-18(22-16)15(19)12-10-7-5-4-6-8-11-14-17(20)21/h10,12,15-16,18-19H,2-9,11,13-14H2,1H3,(H,20,21)/p-1/b12-10-/t15?,16-,18-/m0/s1. The van der Waals surface area contributed by atoms with Crippen molar-refractivity contribution in [3.8, 4) is 0 Å². The highest BCUT2D eigenvalue weighted by atomic mass is 16.6. The molecule has 128 valence electrons. The van der Waals surface area contributed by atoms with E-state index in [1.54, 1.807) is 0 Å². The summed E-state index contributed by atoms with van der Waals surface area (Å²) in [6.45, 7) is 2.19. The largest absolute Gasteiger partial charge is 0.550 e. The van der Waals surface area contributed by atoms with Gasteiger partial charge in [0.05, 0.1) is 6.10 Å². The number of carboxylic acids is 1. The average Bonchev–Trinajstić information content (AvgIpc) is 3.25. The van der Waals surface area contributed by atoms with Crippen LogP contribution in [0.2, 0.25) is 0 Å². The van der Waals surface area contributed by atoms with Gasteiger partial charge in [-0.3, -0.25) is 0 Å². The number of rotatable bonds is 14. The number of aliphatic carboxylic acids is 1. The molecule has 0 spiro atoms. The number of hydrogen-bond donors (Lipinski definition) is 1. The highest BCUT2D eigenvalue weighted by Crippen LogP contribution is 2.30. The van der Waals surface area contributed by atoms with E-state index in [2.05, 4.69) is 6.92 Å². The summed E-state index contributed by atoms with van der Waals surface area (Å²) in [5.41, 5.74) is 0. The third-order valence-electron chi connectivity index (χ3n) is 4.14. The molecule has 0 saturated carbocycles. The van der Waals surface area contributed by atoms with Crippen LogP contribution >= 0.6 is 0 Å². The van der Waals surface area contributed by atoms with Crippen LogP contribution in [0.15, 0.2) is 12.2 Å². The van der Waals surface area contributed by atoms with E-state index in [4.69, 9.17) is 4.74 Å². The van der Waals surface area contributed by atoms with Gasteiger partial charge in [-0.05, 0) is 32.1 Å². The number of aliphatic hydroxyl groups excluding tert-OH is 1. The Hall–Kier alpha value is -0.870. The van der Waals surface area contributed by atoms with Crippen molar-refractivity contribution in [2.45, 2.75) is 95.9 Å². The predicted octanol–water partition coefficient (Wildman–Crippen LogP) is 2.73. The molecule has 4 nitrogen and oxygen atoms in total. The number of carbonyl (C=O) groups excluding carboxylic acids is 1. The molecule has 1 fully saturated rings. The number of ether oxygens (including phenoxy) is 1. The van der Waals surface area contributed by atoms with Crippen LogP contribution in [-0.4, -0.2) is 29.4 Å². The minimum atomic E-state index is -0.952. The third kappa shape index (κ3) is 9.21. The summed E-state index contributed by atoms with van der Waals surface area (Å²) in [5, 5.41) is 20.2. The lowest BCUT2D eigenvalue weighted by Gasteiger charge is -2.02. The maximum Gasteiger partial charge on any atom is 0.114 e. The molecule has 4 heteroatoms. The average molecular weight is 311 g/mol. The lowest BCUT2D eigenvalue weighted by molar-refractivity contribution is -0.305. The number of carboxylic acid groups (broad SMARTS) is 1. The van der Waals surface area contributed by atoms with Gasteiger partial charge in [0.2, 0.25) is 0 Å². The van der Waals surface area contributed by atoms with Crippen LogP contribution in [0.3, 0.4) is 0 Å². The molecule has 22 heavy (non-hydrogen) atoms. The molecule has 0 aromatic heterocycles. The van der Waals surface area contributed by atoms with Crippen molar-refractivity contribution in [2.75, 3.05) is 0 Å². The molecule has 0 aliphatic carbocycles. The molecule has 0 bridgehead atoms. The molecule has 1 saturated heterocycles. The van der Waals surface area contributed by atoms with Crippen LogP contribution in [0, 0.1) is 0 Å². The van der Waals surface area contributed by atoms with E-state index in [-0.39, 0.29) is 18.6 Å². The maximum absolute atomic E-state index is 10.2. The van der Waals surface area contributed by atoms with Crippen molar-refractivity contribution >= 4 is 5.97 Å². The first-order valence-electron chi connectivity index (χ1n) is 8.85. The van der Waals surface area contributed by atoms with E-state index in [1.165, 1.54) is 19.3 Å². The van der Waals surface area contributed by atoms with E-state index in [0.29, 0.717) is 0 Å². The van der Waals surface area contributed by atoms with Crippen molar-refractivity contribution in [3.63, 3.8) is 0 Å². The van der Waals surface area contributed by atoms with Gasteiger partial charge in [-0.2, -0.15) is 0 Å². The van der Waals surface area contributed by atoms with Gasteiger partial charge in [0, 0.05) is 5.97 Å². The zero-order valence-electron chi connectivity index (χ0n) is 13.8. The van der Waals surface area contributed by atoms with Crippen LogP contribution in [-0.2, 0) is 9.53 Å². The molecule has 1 rings (SSSR count). The van der Waals surface area contributed by atoms with Crippen molar-refractivity contribution < 1.29 is 19.7 Å². The summed E-state index contributed by atoms with van der Waals surface area (Å²) in [6, 6.07) is 0. The first kappa shape index (κ1) is 19.2. The predicted molar refractivity (Wildman–Crippen MR) is 85.3 cm³/mol. The van der Waals surface area contributed by atoms with E-state index in [9.17, 15) is 15.0 Å². The van der Waals surface area contributed by atoms with Crippen LogP contribution in [0.25, 0.3) is 0 Å². The second-order valence-corrected chi connectivity index (χ2v) is 6.23. The SMILES string of the molecule is CCCCC[C@@H]1O[C@H]1C(O)/C=C\CCCCCCCC(=O)[O-]. The quantitative estimate of drug-likeness (QED) is 0.304. The zero-order valence-corrected chi connectivity index (χ0v) is 13.8. The maximum atomic E-state index is 10.2. The fraction of sp³-hybridized carbons (Fsp3) is 0.833. The molecule has 0 amide bonds. The lowest BCUT2D eigenvalue weighted by atomic mass is 10.1. The summed E-state index contributed by atoms with van der Waals surface area (Å²) >= 11 is 0. The molecule has 0 aromatic carbocycles. The molecular formula is C18H31O4-. The van der Waals surface area contributed by atoms with E-state index in [1.807, 2.05) is 12.2 Å². The Balaban J connectivity index is 1.92. The molecule has 1 N–H and O–H groups in total. The van der Waals surface area contributed by atoms with E-state index >= 15 is 0 Å². The Bertz CT molecular complexity index is 327. The van der Waals surface area contributed by atoms with Gasteiger partial charge < -0.3 is 19.7 Å². The Morgan fingerprint density at radius 3 is 2.64 bits per heavy atom. The normalized spacial score (nSPS) is 22.1. The molecule has 1 aliphatic rings. The Labute approximate surface area is 134 Å². The van der Waals surface area contributed by atoms with Gasteiger partial charge in [-0.1, -0.05) is 57.6 Å². The highest BCUT2D eigenvalue weighted by Gasteiger charge is 2.42. The van der Waals surface area contributed by atoms with Crippen LogP contribution in [0.5, 0.6) is 0 Å². The second-order valence-electron chi connectivity index (χ2n) is 6.23. The first-order valence-corrected chi connectivity index (χ1v) is 8.85. The first-order chi connectivity index (χ1) is 10.6. The second kappa shape index (κ2) is 11.7. The van der Waals surface area contributed by atoms with Gasteiger partial charge in [0.1, 0.15) is 12.2 Å². The van der Waals surface area contributed by atoms with Gasteiger partial charge in [0.25, 0.3) is 0 Å². The van der Waals surface area contributed by atoms with Crippen molar-refractivity contribution in [3.05, 3.63) is 12.2 Å². The third-order valence-corrected chi connectivity index (χ3v) is 4.14. The highest BCUT2D eigenvalue weighted by molar-refractivity contribution is 5.63. The monoisotopic (exact) mass is 311 g/mol. The molecule has 1 aliphatic heterocycles.